The zero-order valence-electron chi connectivity index (χ0n) is 25.1. The van der Waals surface area contributed by atoms with Gasteiger partial charge in [0.25, 0.3) is 11.8 Å². The van der Waals surface area contributed by atoms with Crippen LogP contribution in [-0.4, -0.2) is 84.2 Å². The Bertz CT molecular complexity index is 1510. The van der Waals surface area contributed by atoms with E-state index >= 15 is 4.39 Å². The van der Waals surface area contributed by atoms with E-state index < -0.39 is 24.5 Å². The van der Waals surface area contributed by atoms with Gasteiger partial charge >= 0.3 is 6.36 Å². The van der Waals surface area contributed by atoms with E-state index in [0.717, 1.165) is 0 Å². The smallest absolute Gasteiger partial charge is 0.497 e. The number of nitrogens with one attached hydrogen (secondary N) is 1. The Balaban J connectivity index is 1.07. The van der Waals surface area contributed by atoms with Crippen molar-refractivity contribution in [3.8, 4) is 11.5 Å². The number of hydrogen-bond acceptors (Lipinski definition) is 7. The maximum absolute atomic E-state index is 15.0. The number of halogens is 4. The summed E-state index contributed by atoms with van der Waals surface area (Å²) in [6.45, 7) is 1.66. The van der Waals surface area contributed by atoms with E-state index in [4.69, 9.17) is 4.74 Å². The highest BCUT2D eigenvalue weighted by Gasteiger charge is 2.33. The van der Waals surface area contributed by atoms with Gasteiger partial charge in [0.2, 0.25) is 0 Å². The molecule has 5 rings (SSSR count). The molecule has 0 saturated carbocycles. The highest BCUT2D eigenvalue weighted by Crippen LogP contribution is 2.26. The Labute approximate surface area is 263 Å². The molecule has 2 saturated heterocycles. The zero-order chi connectivity index (χ0) is 32.8. The van der Waals surface area contributed by atoms with Gasteiger partial charge < -0.3 is 19.7 Å². The summed E-state index contributed by atoms with van der Waals surface area (Å²) >= 11 is 0. The number of methoxy groups -OCH3 is 1. The van der Waals surface area contributed by atoms with Crippen LogP contribution < -0.4 is 14.8 Å². The van der Waals surface area contributed by atoms with E-state index in [0.29, 0.717) is 62.3 Å². The van der Waals surface area contributed by atoms with Crippen molar-refractivity contribution >= 4 is 17.6 Å². The van der Waals surface area contributed by atoms with Gasteiger partial charge in [0, 0.05) is 50.4 Å². The first-order valence-electron chi connectivity index (χ1n) is 14.9. The van der Waals surface area contributed by atoms with Gasteiger partial charge in [-0.1, -0.05) is 12.1 Å². The fourth-order valence-electron chi connectivity index (χ4n) is 5.73. The standard InChI is InChI=1S/C33H34F4N4O5/c1-45-25-9-4-22(5-10-25)30(42)23-12-16-41(17-13-23)32(44)29-11-6-24(18-38-29)31(43)39-28-14-15-40(20-27(28)34)19-21-2-7-26(8-3-21)46-33(35,36)37/h2-11,18,23,27-28H,12-17,19-20H2,1H3,(H,39,43). The number of pyridine rings is 1. The van der Waals surface area contributed by atoms with Gasteiger partial charge in [0.05, 0.1) is 18.7 Å². The van der Waals surface area contributed by atoms with Crippen LogP contribution in [0.5, 0.6) is 11.5 Å². The summed E-state index contributed by atoms with van der Waals surface area (Å²) < 4.78 is 61.1. The Morgan fingerprint density at radius 3 is 2.13 bits per heavy atom. The fraction of sp³-hybridized carbons (Fsp3) is 0.394. The SMILES string of the molecule is COc1ccc(C(=O)C2CCN(C(=O)c3ccc(C(=O)NC4CCN(Cc5ccc(OC(F)(F)F)cc5)CC4F)cn3)CC2)cc1. The molecular weight excluding hydrogens is 608 g/mol. The number of aromatic nitrogens is 1. The van der Waals surface area contributed by atoms with E-state index in [1.807, 2.05) is 4.90 Å². The number of rotatable bonds is 9. The van der Waals surface area contributed by atoms with Gasteiger partial charge in [-0.05, 0) is 73.4 Å². The first-order chi connectivity index (χ1) is 22.0. The number of carbonyl (C=O) groups is 3. The molecule has 2 aromatic carbocycles. The number of ketones is 1. The van der Waals surface area contributed by atoms with Crippen molar-refractivity contribution in [2.75, 3.05) is 33.3 Å². The van der Waals surface area contributed by atoms with Crippen molar-refractivity contribution in [1.29, 1.82) is 0 Å². The maximum Gasteiger partial charge on any atom is 0.573 e. The molecule has 0 bridgehead atoms. The first kappa shape index (κ1) is 32.9. The van der Waals surface area contributed by atoms with Gasteiger partial charge in [0.15, 0.2) is 5.78 Å². The number of alkyl halides is 4. The first-order valence-corrected chi connectivity index (χ1v) is 14.9. The van der Waals surface area contributed by atoms with Crippen LogP contribution in [0.2, 0.25) is 0 Å². The minimum Gasteiger partial charge on any atom is -0.497 e. The van der Waals surface area contributed by atoms with Gasteiger partial charge in [-0.2, -0.15) is 0 Å². The Morgan fingerprint density at radius 2 is 1.54 bits per heavy atom. The second-order valence-corrected chi connectivity index (χ2v) is 11.4. The Morgan fingerprint density at radius 1 is 0.891 bits per heavy atom. The van der Waals surface area contributed by atoms with E-state index in [1.165, 1.54) is 42.6 Å². The number of Topliss-reactive ketones (excluding diaryl/α,β-unsaturated/α-hetero) is 1. The lowest BCUT2D eigenvalue weighted by molar-refractivity contribution is -0.274. The molecule has 2 aliphatic heterocycles. The molecule has 0 spiro atoms. The van der Waals surface area contributed by atoms with E-state index in [-0.39, 0.29) is 41.2 Å². The van der Waals surface area contributed by atoms with Crippen molar-refractivity contribution < 1.29 is 41.4 Å². The van der Waals surface area contributed by atoms with Crippen LogP contribution in [0, 0.1) is 5.92 Å². The quantitative estimate of drug-likeness (QED) is 0.257. The van der Waals surface area contributed by atoms with E-state index in [2.05, 4.69) is 15.0 Å². The molecular formula is C33H34F4N4O5. The van der Waals surface area contributed by atoms with Crippen molar-refractivity contribution in [2.24, 2.45) is 5.92 Å². The van der Waals surface area contributed by atoms with Crippen molar-refractivity contribution in [3.05, 3.63) is 89.2 Å². The number of amides is 2. The summed E-state index contributed by atoms with van der Waals surface area (Å²) in [4.78, 5) is 46.4. The van der Waals surface area contributed by atoms with Crippen LogP contribution in [0.25, 0.3) is 0 Å². The third-order valence-electron chi connectivity index (χ3n) is 8.28. The molecule has 13 heteroatoms. The number of likely N-dealkylation sites (tertiary alicyclic amines) is 2. The summed E-state index contributed by atoms with van der Waals surface area (Å²) in [6.07, 6.45) is -3.45. The maximum atomic E-state index is 15.0. The van der Waals surface area contributed by atoms with Gasteiger partial charge in [-0.25, -0.2) is 4.39 Å². The number of ether oxygens (including phenoxy) is 2. The summed E-state index contributed by atoms with van der Waals surface area (Å²) in [5.41, 5.74) is 1.68. The summed E-state index contributed by atoms with van der Waals surface area (Å²) in [5.74, 6) is -0.598. The van der Waals surface area contributed by atoms with Crippen molar-refractivity contribution in [3.63, 3.8) is 0 Å². The number of nitrogens with zero attached hydrogens (tertiary/aromatic N) is 3. The predicted octanol–water partition coefficient (Wildman–Crippen LogP) is 5.07. The zero-order valence-corrected chi connectivity index (χ0v) is 25.1. The molecule has 2 unspecified atom stereocenters. The van der Waals surface area contributed by atoms with Crippen LogP contribution >= 0.6 is 0 Å². The van der Waals surface area contributed by atoms with Crippen LogP contribution in [-0.2, 0) is 6.54 Å². The highest BCUT2D eigenvalue weighted by molar-refractivity contribution is 5.99. The van der Waals surface area contributed by atoms with Crippen LogP contribution in [0.3, 0.4) is 0 Å². The monoisotopic (exact) mass is 642 g/mol. The van der Waals surface area contributed by atoms with Gasteiger partial charge in [-0.15, -0.1) is 13.2 Å². The highest BCUT2D eigenvalue weighted by atomic mass is 19.4. The topological polar surface area (TPSA) is 101 Å². The third kappa shape index (κ3) is 8.39. The molecule has 1 aromatic heterocycles. The van der Waals surface area contributed by atoms with Gasteiger partial charge in [0.1, 0.15) is 23.4 Å². The van der Waals surface area contributed by atoms with Crippen LogP contribution in [0.1, 0.15) is 56.0 Å². The third-order valence-corrected chi connectivity index (χ3v) is 8.28. The molecule has 2 atom stereocenters. The minimum atomic E-state index is -4.77. The molecule has 3 heterocycles. The van der Waals surface area contributed by atoms with Crippen molar-refractivity contribution in [2.45, 2.75) is 44.4 Å². The number of hydrogen-bond donors (Lipinski definition) is 1. The van der Waals surface area contributed by atoms with Gasteiger partial charge in [-0.3, -0.25) is 24.3 Å². The normalized spacial score (nSPS) is 19.4. The van der Waals surface area contributed by atoms with E-state index in [9.17, 15) is 27.6 Å². The van der Waals surface area contributed by atoms with Crippen LogP contribution in [0.15, 0.2) is 66.9 Å². The Hall–Kier alpha value is -4.52. The number of carbonyl (C=O) groups excluding carboxylic acids is 3. The lowest BCUT2D eigenvalue weighted by Crippen LogP contribution is -2.52. The molecule has 2 aliphatic rings. The largest absolute Gasteiger partial charge is 0.573 e. The summed E-state index contributed by atoms with van der Waals surface area (Å²) in [6, 6.07) is 14.6. The average molecular weight is 643 g/mol. The molecule has 244 valence electrons. The molecule has 46 heavy (non-hydrogen) atoms. The fourth-order valence-corrected chi connectivity index (χ4v) is 5.73. The molecule has 9 nitrogen and oxygen atoms in total. The number of piperidine rings is 2. The molecule has 1 N–H and O–H groups in total. The number of benzene rings is 2. The average Bonchev–Trinajstić information content (AvgIpc) is 3.05. The molecule has 2 fully saturated rings. The summed E-state index contributed by atoms with van der Waals surface area (Å²) in [5, 5.41) is 2.71. The lowest BCUT2D eigenvalue weighted by Gasteiger charge is -2.35. The minimum absolute atomic E-state index is 0.0394. The van der Waals surface area contributed by atoms with Crippen molar-refractivity contribution in [1.82, 2.24) is 20.1 Å². The second-order valence-electron chi connectivity index (χ2n) is 11.4. The second kappa shape index (κ2) is 14.3. The van der Waals surface area contributed by atoms with E-state index in [1.54, 1.807) is 36.3 Å². The lowest BCUT2D eigenvalue weighted by atomic mass is 9.88. The summed E-state index contributed by atoms with van der Waals surface area (Å²) in [7, 11) is 1.56. The Kier molecular flexibility index (Phi) is 10.2. The predicted molar refractivity (Wildman–Crippen MR) is 159 cm³/mol. The molecule has 2 amide bonds. The molecule has 3 aromatic rings. The molecule has 0 aliphatic carbocycles. The molecule has 0 radical (unpaired) electrons. The van der Waals surface area contributed by atoms with Crippen LogP contribution in [0.4, 0.5) is 17.6 Å².